The summed E-state index contributed by atoms with van der Waals surface area (Å²) in [6, 6.07) is 7.76. The molecule has 1 aromatic carbocycles. The average molecular weight is 234 g/mol. The minimum atomic E-state index is 0.00647. The first kappa shape index (κ1) is 12.1. The largest absolute Gasteiger partial charge is 0.396 e. The van der Waals surface area contributed by atoms with Gasteiger partial charge < -0.3 is 10.4 Å². The quantitative estimate of drug-likeness (QED) is 0.812. The number of anilines is 1. The molecule has 1 aliphatic heterocycles. The third kappa shape index (κ3) is 3.28. The molecule has 2 rings (SSSR count). The van der Waals surface area contributed by atoms with E-state index in [-0.39, 0.29) is 12.5 Å². The molecule has 4 nitrogen and oxygen atoms in total. The molecule has 0 atom stereocenters. The molecular weight excluding hydrogens is 216 g/mol. The lowest BCUT2D eigenvalue weighted by Gasteiger charge is -2.37. The first-order valence-electron chi connectivity index (χ1n) is 5.87. The molecule has 0 spiro atoms. The van der Waals surface area contributed by atoms with Crippen LogP contribution in [0.25, 0.3) is 0 Å². The number of hydrogen-bond acceptors (Lipinski definition) is 3. The van der Waals surface area contributed by atoms with Crippen molar-refractivity contribution in [1.29, 1.82) is 0 Å². The Morgan fingerprint density at radius 3 is 2.94 bits per heavy atom. The molecule has 1 aliphatic rings. The number of nitrogens with zero attached hydrogens (tertiary/aromatic N) is 1. The van der Waals surface area contributed by atoms with Gasteiger partial charge in [-0.05, 0) is 24.6 Å². The summed E-state index contributed by atoms with van der Waals surface area (Å²) in [5.41, 5.74) is 1.97. The van der Waals surface area contributed by atoms with Crippen LogP contribution in [0, 0.1) is 12.8 Å². The third-order valence-electron chi connectivity index (χ3n) is 2.96. The van der Waals surface area contributed by atoms with Gasteiger partial charge in [0.15, 0.2) is 0 Å². The summed E-state index contributed by atoms with van der Waals surface area (Å²) in [6.07, 6.45) is 0. The van der Waals surface area contributed by atoms with E-state index in [9.17, 15) is 4.79 Å². The maximum Gasteiger partial charge on any atom is 0.238 e. The molecule has 0 aromatic heterocycles. The van der Waals surface area contributed by atoms with Crippen LogP contribution in [-0.2, 0) is 4.79 Å². The smallest absolute Gasteiger partial charge is 0.238 e. The van der Waals surface area contributed by atoms with Gasteiger partial charge >= 0.3 is 0 Å². The number of hydrogen-bond donors (Lipinski definition) is 2. The summed E-state index contributed by atoms with van der Waals surface area (Å²) < 4.78 is 0. The summed E-state index contributed by atoms with van der Waals surface area (Å²) >= 11 is 0. The van der Waals surface area contributed by atoms with Crippen LogP contribution in [0.4, 0.5) is 5.69 Å². The van der Waals surface area contributed by atoms with Crippen molar-refractivity contribution < 1.29 is 9.90 Å². The Labute approximate surface area is 101 Å². The molecule has 92 valence electrons. The van der Waals surface area contributed by atoms with Gasteiger partial charge in [-0.15, -0.1) is 0 Å². The van der Waals surface area contributed by atoms with Gasteiger partial charge in [0.05, 0.1) is 6.54 Å². The maximum atomic E-state index is 11.7. The molecule has 2 N–H and O–H groups in total. The van der Waals surface area contributed by atoms with Gasteiger partial charge in [-0.2, -0.15) is 0 Å². The van der Waals surface area contributed by atoms with Crippen molar-refractivity contribution in [2.24, 2.45) is 5.92 Å². The van der Waals surface area contributed by atoms with Gasteiger partial charge in [-0.25, -0.2) is 0 Å². The Morgan fingerprint density at radius 1 is 1.53 bits per heavy atom. The average Bonchev–Trinajstić information content (AvgIpc) is 2.22. The molecule has 1 heterocycles. The molecule has 1 aromatic rings. The van der Waals surface area contributed by atoms with Crippen LogP contribution >= 0.6 is 0 Å². The highest BCUT2D eigenvalue weighted by Crippen LogP contribution is 2.14. The van der Waals surface area contributed by atoms with Gasteiger partial charge in [-0.1, -0.05) is 12.1 Å². The molecule has 0 aliphatic carbocycles. The minimum Gasteiger partial charge on any atom is -0.396 e. The Hall–Kier alpha value is -1.39. The highest BCUT2D eigenvalue weighted by molar-refractivity contribution is 5.92. The van der Waals surface area contributed by atoms with E-state index < -0.39 is 0 Å². The van der Waals surface area contributed by atoms with Crippen molar-refractivity contribution in [2.75, 3.05) is 31.6 Å². The highest BCUT2D eigenvalue weighted by atomic mass is 16.3. The summed E-state index contributed by atoms with van der Waals surface area (Å²) in [5.74, 6) is 0.355. The van der Waals surface area contributed by atoms with Gasteiger partial charge in [0.25, 0.3) is 0 Å². The Balaban J connectivity index is 1.78. The van der Waals surface area contributed by atoms with Crippen LogP contribution in [0.3, 0.4) is 0 Å². The second kappa shape index (κ2) is 5.29. The van der Waals surface area contributed by atoms with E-state index in [1.807, 2.05) is 36.1 Å². The van der Waals surface area contributed by atoms with Crippen LogP contribution in [0.2, 0.25) is 0 Å². The number of likely N-dealkylation sites (tertiary alicyclic amines) is 1. The Kier molecular flexibility index (Phi) is 3.76. The SMILES string of the molecule is Cc1cccc(NC(=O)CN2CC(CO)C2)c1. The fourth-order valence-electron chi connectivity index (χ4n) is 2.05. The van der Waals surface area contributed by atoms with Crippen LogP contribution in [0.1, 0.15) is 5.56 Å². The number of aliphatic hydroxyl groups is 1. The molecular formula is C13H18N2O2. The summed E-state index contributed by atoms with van der Waals surface area (Å²) in [6.45, 7) is 4.26. The molecule has 1 fully saturated rings. The standard InChI is InChI=1S/C13H18N2O2/c1-10-3-2-4-12(5-10)14-13(17)8-15-6-11(7-15)9-16/h2-5,11,16H,6-9H2,1H3,(H,14,17). The zero-order chi connectivity index (χ0) is 12.3. The number of aryl methyl sites for hydroxylation is 1. The van der Waals surface area contributed by atoms with Crippen molar-refractivity contribution in [3.05, 3.63) is 29.8 Å². The lowest BCUT2D eigenvalue weighted by molar-refractivity contribution is -0.119. The van der Waals surface area contributed by atoms with Crippen LogP contribution < -0.4 is 5.32 Å². The number of carbonyl (C=O) groups is 1. The summed E-state index contributed by atoms with van der Waals surface area (Å²) in [7, 11) is 0. The van der Waals surface area contributed by atoms with Crippen LogP contribution in [-0.4, -0.2) is 42.2 Å². The number of benzene rings is 1. The van der Waals surface area contributed by atoms with E-state index in [0.29, 0.717) is 12.5 Å². The highest BCUT2D eigenvalue weighted by Gasteiger charge is 2.27. The molecule has 4 heteroatoms. The fraction of sp³-hybridized carbons (Fsp3) is 0.462. The molecule has 17 heavy (non-hydrogen) atoms. The Bertz CT molecular complexity index is 400. The number of aliphatic hydroxyl groups excluding tert-OH is 1. The van der Waals surface area contributed by atoms with Crippen molar-refractivity contribution in [3.63, 3.8) is 0 Å². The number of carbonyl (C=O) groups excluding carboxylic acids is 1. The second-order valence-corrected chi connectivity index (χ2v) is 4.66. The van der Waals surface area contributed by atoms with E-state index in [4.69, 9.17) is 5.11 Å². The van der Waals surface area contributed by atoms with Crippen LogP contribution in [0.15, 0.2) is 24.3 Å². The van der Waals surface area contributed by atoms with E-state index in [1.165, 1.54) is 0 Å². The second-order valence-electron chi connectivity index (χ2n) is 4.66. The number of rotatable bonds is 4. The van der Waals surface area contributed by atoms with Crippen molar-refractivity contribution in [1.82, 2.24) is 4.90 Å². The van der Waals surface area contributed by atoms with Crippen LogP contribution in [0.5, 0.6) is 0 Å². The summed E-state index contributed by atoms with van der Waals surface area (Å²) in [4.78, 5) is 13.7. The molecule has 1 amide bonds. The molecule has 0 bridgehead atoms. The zero-order valence-corrected chi connectivity index (χ0v) is 10.0. The lowest BCUT2D eigenvalue weighted by Crippen LogP contribution is -2.51. The van der Waals surface area contributed by atoms with Crippen molar-refractivity contribution in [3.8, 4) is 0 Å². The van der Waals surface area contributed by atoms with Gasteiger partial charge in [0.2, 0.25) is 5.91 Å². The molecule has 1 saturated heterocycles. The molecule has 0 radical (unpaired) electrons. The van der Waals surface area contributed by atoms with Crippen molar-refractivity contribution in [2.45, 2.75) is 6.92 Å². The van der Waals surface area contributed by atoms with E-state index in [1.54, 1.807) is 0 Å². The monoisotopic (exact) mass is 234 g/mol. The Morgan fingerprint density at radius 2 is 2.29 bits per heavy atom. The number of amides is 1. The zero-order valence-electron chi connectivity index (χ0n) is 10.0. The normalized spacial score (nSPS) is 16.6. The maximum absolute atomic E-state index is 11.7. The van der Waals surface area contributed by atoms with Crippen molar-refractivity contribution >= 4 is 11.6 Å². The molecule has 0 saturated carbocycles. The minimum absolute atomic E-state index is 0.00647. The fourth-order valence-corrected chi connectivity index (χ4v) is 2.05. The predicted molar refractivity (Wildman–Crippen MR) is 66.8 cm³/mol. The summed E-state index contributed by atoms with van der Waals surface area (Å²) in [5, 5.41) is 11.7. The first-order chi connectivity index (χ1) is 8.17. The topological polar surface area (TPSA) is 52.6 Å². The van der Waals surface area contributed by atoms with E-state index in [0.717, 1.165) is 24.3 Å². The third-order valence-corrected chi connectivity index (χ3v) is 2.96. The van der Waals surface area contributed by atoms with Gasteiger partial charge in [0.1, 0.15) is 0 Å². The van der Waals surface area contributed by atoms with E-state index >= 15 is 0 Å². The van der Waals surface area contributed by atoms with E-state index in [2.05, 4.69) is 5.32 Å². The number of nitrogens with one attached hydrogen (secondary N) is 1. The van der Waals surface area contributed by atoms with Gasteiger partial charge in [-0.3, -0.25) is 9.69 Å². The van der Waals surface area contributed by atoms with Gasteiger partial charge in [0, 0.05) is 31.3 Å². The molecule has 0 unspecified atom stereocenters. The lowest BCUT2D eigenvalue weighted by atomic mass is 10.0. The predicted octanol–water partition coefficient (Wildman–Crippen LogP) is 0.858. The first-order valence-corrected chi connectivity index (χ1v) is 5.87.